The second kappa shape index (κ2) is 8.20. The van der Waals surface area contributed by atoms with Crippen LogP contribution in [-0.4, -0.2) is 40.9 Å². The van der Waals surface area contributed by atoms with E-state index in [0.29, 0.717) is 25.3 Å². The van der Waals surface area contributed by atoms with Crippen LogP contribution in [0.2, 0.25) is 0 Å². The van der Waals surface area contributed by atoms with E-state index in [1.165, 1.54) is 4.90 Å². The third kappa shape index (κ3) is 4.14. The van der Waals surface area contributed by atoms with Crippen LogP contribution in [0.3, 0.4) is 0 Å². The average molecular weight is 372 g/mol. The van der Waals surface area contributed by atoms with E-state index in [4.69, 9.17) is 5.11 Å². The van der Waals surface area contributed by atoms with Gasteiger partial charge in [-0.3, -0.25) is 14.4 Å². The molecule has 0 spiro atoms. The monoisotopic (exact) mass is 372 g/mol. The molecule has 0 radical (unpaired) electrons. The number of nitrogens with one attached hydrogen (secondary N) is 1. The van der Waals surface area contributed by atoms with E-state index in [1.54, 1.807) is 6.92 Å². The first-order valence-electron chi connectivity index (χ1n) is 8.21. The fourth-order valence-electron chi connectivity index (χ4n) is 2.85. The van der Waals surface area contributed by atoms with E-state index in [0.717, 1.165) is 6.07 Å². The molecule has 9 heteroatoms. The standard InChI is InChI=1S/C17H19F3N2O4/c1-2-7-22(16(24)9-3-4-10(9)17(25)26)8-13(23)21-12-6-5-11(18)14(19)15(12)20/h5-6,9-10H,2-4,7-8H2,1H3,(H,21,23)(H,25,26). The fraction of sp³-hybridized carbons (Fsp3) is 0.471. The van der Waals surface area contributed by atoms with Crippen LogP contribution in [0.25, 0.3) is 0 Å². The highest BCUT2D eigenvalue weighted by molar-refractivity contribution is 5.95. The Kier molecular flexibility index (Phi) is 6.23. The molecule has 1 aliphatic carbocycles. The van der Waals surface area contributed by atoms with Crippen LogP contribution in [0.4, 0.5) is 18.9 Å². The Morgan fingerprint density at radius 3 is 2.35 bits per heavy atom. The molecule has 6 nitrogen and oxygen atoms in total. The lowest BCUT2D eigenvalue weighted by atomic mass is 9.73. The van der Waals surface area contributed by atoms with E-state index < -0.39 is 59.3 Å². The van der Waals surface area contributed by atoms with Gasteiger partial charge in [-0.1, -0.05) is 6.92 Å². The molecule has 0 bridgehead atoms. The van der Waals surface area contributed by atoms with E-state index in [1.807, 2.05) is 0 Å². The van der Waals surface area contributed by atoms with E-state index in [-0.39, 0.29) is 6.54 Å². The third-order valence-electron chi connectivity index (χ3n) is 4.36. The minimum atomic E-state index is -1.71. The van der Waals surface area contributed by atoms with Gasteiger partial charge in [-0.15, -0.1) is 0 Å². The Morgan fingerprint density at radius 1 is 1.15 bits per heavy atom. The van der Waals surface area contributed by atoms with Crippen molar-refractivity contribution in [3.63, 3.8) is 0 Å². The summed E-state index contributed by atoms with van der Waals surface area (Å²) in [6, 6.07) is 1.55. The minimum absolute atomic E-state index is 0.218. The van der Waals surface area contributed by atoms with Gasteiger partial charge in [0.25, 0.3) is 0 Å². The minimum Gasteiger partial charge on any atom is -0.481 e. The second-order valence-electron chi connectivity index (χ2n) is 6.16. The maximum absolute atomic E-state index is 13.6. The zero-order chi connectivity index (χ0) is 19.4. The Balaban J connectivity index is 2.05. The molecule has 2 unspecified atom stereocenters. The first-order chi connectivity index (χ1) is 12.3. The molecule has 2 rings (SSSR count). The van der Waals surface area contributed by atoms with Crippen LogP contribution in [0.1, 0.15) is 26.2 Å². The van der Waals surface area contributed by atoms with Gasteiger partial charge >= 0.3 is 5.97 Å². The highest BCUT2D eigenvalue weighted by Gasteiger charge is 2.43. The third-order valence-corrected chi connectivity index (χ3v) is 4.36. The first-order valence-corrected chi connectivity index (χ1v) is 8.21. The molecule has 1 aromatic rings. The number of rotatable bonds is 7. The lowest BCUT2D eigenvalue weighted by molar-refractivity contribution is -0.157. The van der Waals surface area contributed by atoms with Crippen molar-refractivity contribution in [2.24, 2.45) is 11.8 Å². The topological polar surface area (TPSA) is 86.7 Å². The van der Waals surface area contributed by atoms with E-state index in [9.17, 15) is 27.6 Å². The zero-order valence-corrected chi connectivity index (χ0v) is 14.1. The van der Waals surface area contributed by atoms with Gasteiger partial charge in [0, 0.05) is 6.54 Å². The predicted molar refractivity (Wildman–Crippen MR) is 85.7 cm³/mol. The molecule has 142 valence electrons. The summed E-state index contributed by atoms with van der Waals surface area (Å²) in [5.41, 5.74) is -0.537. The van der Waals surface area contributed by atoms with E-state index >= 15 is 0 Å². The molecule has 2 amide bonds. The molecule has 0 aliphatic heterocycles. The molecule has 1 fully saturated rings. The average Bonchev–Trinajstić information content (AvgIpc) is 2.53. The second-order valence-corrected chi connectivity index (χ2v) is 6.16. The van der Waals surface area contributed by atoms with Crippen molar-refractivity contribution in [1.29, 1.82) is 0 Å². The Bertz CT molecular complexity index is 726. The van der Waals surface area contributed by atoms with Gasteiger partial charge in [0.1, 0.15) is 0 Å². The number of halogens is 3. The Labute approximate surface area is 148 Å². The van der Waals surface area contributed by atoms with Crippen molar-refractivity contribution < 1.29 is 32.7 Å². The van der Waals surface area contributed by atoms with Crippen molar-refractivity contribution in [3.05, 3.63) is 29.6 Å². The van der Waals surface area contributed by atoms with Crippen molar-refractivity contribution in [3.8, 4) is 0 Å². The summed E-state index contributed by atoms with van der Waals surface area (Å²) in [4.78, 5) is 36.9. The van der Waals surface area contributed by atoms with Gasteiger partial charge in [-0.05, 0) is 31.4 Å². The van der Waals surface area contributed by atoms with Gasteiger partial charge in [-0.25, -0.2) is 13.2 Å². The molecule has 1 aliphatic rings. The molecular formula is C17H19F3N2O4. The highest BCUT2D eigenvalue weighted by atomic mass is 19.2. The van der Waals surface area contributed by atoms with Crippen LogP contribution in [0.15, 0.2) is 12.1 Å². The molecule has 0 aromatic heterocycles. The number of benzene rings is 1. The maximum Gasteiger partial charge on any atom is 0.307 e. The predicted octanol–water partition coefficient (Wildman–Crippen LogP) is 2.39. The molecule has 2 atom stereocenters. The summed E-state index contributed by atoms with van der Waals surface area (Å²) < 4.78 is 39.8. The number of carboxylic acid groups (broad SMARTS) is 1. The van der Waals surface area contributed by atoms with Gasteiger partial charge in [-0.2, -0.15) is 0 Å². The lowest BCUT2D eigenvalue weighted by Gasteiger charge is -2.36. The first kappa shape index (κ1) is 19.7. The Hall–Kier alpha value is -2.58. The van der Waals surface area contributed by atoms with Crippen molar-refractivity contribution in [2.45, 2.75) is 26.2 Å². The largest absolute Gasteiger partial charge is 0.481 e. The fourth-order valence-corrected chi connectivity index (χ4v) is 2.85. The molecule has 1 saturated carbocycles. The summed E-state index contributed by atoms with van der Waals surface area (Å²) in [5, 5.41) is 11.2. The molecule has 2 N–H and O–H groups in total. The van der Waals surface area contributed by atoms with Crippen LogP contribution >= 0.6 is 0 Å². The molecule has 0 heterocycles. The van der Waals surface area contributed by atoms with Crippen molar-refractivity contribution in [2.75, 3.05) is 18.4 Å². The maximum atomic E-state index is 13.6. The zero-order valence-electron chi connectivity index (χ0n) is 14.1. The number of hydrogen-bond donors (Lipinski definition) is 2. The van der Waals surface area contributed by atoms with Crippen LogP contribution < -0.4 is 5.32 Å². The highest BCUT2D eigenvalue weighted by Crippen LogP contribution is 2.36. The summed E-state index contributed by atoms with van der Waals surface area (Å²) in [6.45, 7) is 1.56. The van der Waals surface area contributed by atoms with Gasteiger partial charge in [0.15, 0.2) is 17.5 Å². The summed E-state index contributed by atoms with van der Waals surface area (Å²) >= 11 is 0. The molecular weight excluding hydrogens is 353 g/mol. The smallest absolute Gasteiger partial charge is 0.307 e. The number of anilines is 1. The number of amides is 2. The molecule has 26 heavy (non-hydrogen) atoms. The van der Waals surface area contributed by atoms with Crippen molar-refractivity contribution >= 4 is 23.5 Å². The summed E-state index contributed by atoms with van der Waals surface area (Å²) in [7, 11) is 0. The summed E-state index contributed by atoms with van der Waals surface area (Å²) in [5.74, 6) is -8.37. The van der Waals surface area contributed by atoms with Gasteiger partial charge < -0.3 is 15.3 Å². The van der Waals surface area contributed by atoms with E-state index in [2.05, 4.69) is 5.32 Å². The Morgan fingerprint density at radius 2 is 1.81 bits per heavy atom. The molecule has 0 saturated heterocycles. The number of hydrogen-bond acceptors (Lipinski definition) is 3. The SMILES string of the molecule is CCCN(CC(=O)Nc1ccc(F)c(F)c1F)C(=O)C1CCC1C(=O)O. The number of carbonyl (C=O) groups is 3. The van der Waals surface area contributed by atoms with Gasteiger partial charge in [0.05, 0.1) is 24.1 Å². The quantitative estimate of drug-likeness (QED) is 0.720. The summed E-state index contributed by atoms with van der Waals surface area (Å²) in [6.07, 6.45) is 1.36. The molecule has 1 aromatic carbocycles. The lowest BCUT2D eigenvalue weighted by Crippen LogP contribution is -2.48. The van der Waals surface area contributed by atoms with Crippen LogP contribution in [0.5, 0.6) is 0 Å². The van der Waals surface area contributed by atoms with Crippen LogP contribution in [0, 0.1) is 29.3 Å². The number of carbonyl (C=O) groups excluding carboxylic acids is 2. The number of nitrogens with zero attached hydrogens (tertiary/aromatic N) is 1. The number of carboxylic acids is 1. The normalized spacial score (nSPS) is 18.8. The van der Waals surface area contributed by atoms with Gasteiger partial charge in [0.2, 0.25) is 11.8 Å². The van der Waals surface area contributed by atoms with Crippen LogP contribution in [-0.2, 0) is 14.4 Å². The number of aliphatic carboxylic acids is 1. The van der Waals surface area contributed by atoms with Crippen molar-refractivity contribution in [1.82, 2.24) is 4.90 Å².